The highest BCUT2D eigenvalue weighted by molar-refractivity contribution is 5.93. The number of hydrogen-bond donors (Lipinski definition) is 3. The van der Waals surface area contributed by atoms with Crippen LogP contribution in [0.15, 0.2) is 40.9 Å². The summed E-state index contributed by atoms with van der Waals surface area (Å²) in [6.07, 6.45) is 0.0213. The smallest absolute Gasteiger partial charge is 0.273 e. The fourth-order valence-electron chi connectivity index (χ4n) is 1.84. The minimum absolute atomic E-state index is 0.0213. The lowest BCUT2D eigenvalue weighted by Crippen LogP contribution is -2.44. The zero-order valence-electron chi connectivity index (χ0n) is 16.0. The van der Waals surface area contributed by atoms with Gasteiger partial charge in [-0.05, 0) is 0 Å². The standard InChI is InChI=1S/C17H20N4O4.C2H6/c1-11(2)16(23)20-19-15(22)8-9-18-17(24)13-10-14(25-21-13)12-6-4-3-5-7-12;1-2/h3-7,10-11H,8-9H2,1-2H3,(H,18,24)(H,19,22)(H,20,23);1-2H3. The van der Waals surface area contributed by atoms with Crippen LogP contribution in [0.5, 0.6) is 0 Å². The van der Waals surface area contributed by atoms with Crippen molar-refractivity contribution >= 4 is 17.7 Å². The summed E-state index contributed by atoms with van der Waals surface area (Å²) in [6.45, 7) is 7.53. The number of amides is 3. The minimum atomic E-state index is -0.440. The Morgan fingerprint density at radius 2 is 1.74 bits per heavy atom. The molecule has 3 N–H and O–H groups in total. The molecule has 1 heterocycles. The number of hydrazine groups is 1. The largest absolute Gasteiger partial charge is 0.355 e. The summed E-state index contributed by atoms with van der Waals surface area (Å²) >= 11 is 0. The summed E-state index contributed by atoms with van der Waals surface area (Å²) in [6, 6.07) is 10.8. The van der Waals surface area contributed by atoms with Crippen LogP contribution >= 0.6 is 0 Å². The molecule has 0 saturated heterocycles. The van der Waals surface area contributed by atoms with Crippen LogP contribution in [0.2, 0.25) is 0 Å². The first-order valence-corrected chi connectivity index (χ1v) is 8.86. The van der Waals surface area contributed by atoms with E-state index in [0.29, 0.717) is 5.76 Å². The third-order valence-corrected chi connectivity index (χ3v) is 3.29. The van der Waals surface area contributed by atoms with Gasteiger partial charge in [0, 0.05) is 30.5 Å². The fraction of sp³-hybridized carbons (Fsp3) is 0.368. The van der Waals surface area contributed by atoms with Crippen molar-refractivity contribution in [3.05, 3.63) is 42.1 Å². The van der Waals surface area contributed by atoms with Gasteiger partial charge in [0.2, 0.25) is 11.8 Å². The second-order valence-corrected chi connectivity index (χ2v) is 5.64. The highest BCUT2D eigenvalue weighted by atomic mass is 16.5. The van der Waals surface area contributed by atoms with Gasteiger partial charge >= 0.3 is 0 Å². The molecule has 146 valence electrons. The Labute approximate surface area is 158 Å². The monoisotopic (exact) mass is 374 g/mol. The summed E-state index contributed by atoms with van der Waals surface area (Å²) in [4.78, 5) is 34.9. The van der Waals surface area contributed by atoms with Crippen molar-refractivity contribution in [1.82, 2.24) is 21.3 Å². The molecular weight excluding hydrogens is 348 g/mol. The summed E-state index contributed by atoms with van der Waals surface area (Å²) in [5, 5.41) is 6.29. The Hall–Kier alpha value is -3.16. The van der Waals surface area contributed by atoms with Crippen LogP contribution in [0, 0.1) is 5.92 Å². The van der Waals surface area contributed by atoms with E-state index < -0.39 is 11.8 Å². The van der Waals surface area contributed by atoms with Gasteiger partial charge in [-0.1, -0.05) is 63.2 Å². The number of rotatable bonds is 6. The maximum atomic E-state index is 12.0. The van der Waals surface area contributed by atoms with Crippen LogP contribution in [-0.4, -0.2) is 29.4 Å². The second kappa shape index (κ2) is 11.5. The number of carbonyl (C=O) groups is 3. The molecule has 0 radical (unpaired) electrons. The number of nitrogens with zero attached hydrogens (tertiary/aromatic N) is 1. The summed E-state index contributed by atoms with van der Waals surface area (Å²) < 4.78 is 5.15. The molecule has 8 nitrogen and oxygen atoms in total. The fourth-order valence-corrected chi connectivity index (χ4v) is 1.84. The van der Waals surface area contributed by atoms with Gasteiger partial charge in [-0.15, -0.1) is 0 Å². The van der Waals surface area contributed by atoms with Crippen LogP contribution in [0.3, 0.4) is 0 Å². The molecule has 1 aromatic heterocycles. The van der Waals surface area contributed by atoms with Crippen LogP contribution in [0.4, 0.5) is 0 Å². The molecule has 0 aliphatic heterocycles. The van der Waals surface area contributed by atoms with E-state index in [0.717, 1.165) is 5.56 Å². The Bertz CT molecular complexity index is 741. The van der Waals surface area contributed by atoms with Gasteiger partial charge in [0.25, 0.3) is 5.91 Å². The van der Waals surface area contributed by atoms with E-state index in [-0.39, 0.29) is 30.5 Å². The van der Waals surface area contributed by atoms with Crippen molar-refractivity contribution in [3.63, 3.8) is 0 Å². The van der Waals surface area contributed by atoms with E-state index in [4.69, 9.17) is 4.52 Å². The number of hydrogen-bond acceptors (Lipinski definition) is 5. The molecule has 0 fully saturated rings. The van der Waals surface area contributed by atoms with Crippen molar-refractivity contribution < 1.29 is 18.9 Å². The van der Waals surface area contributed by atoms with Gasteiger partial charge in [0.1, 0.15) is 0 Å². The maximum absolute atomic E-state index is 12.0. The van der Waals surface area contributed by atoms with E-state index in [1.165, 1.54) is 6.07 Å². The summed E-state index contributed by atoms with van der Waals surface area (Å²) in [7, 11) is 0. The maximum Gasteiger partial charge on any atom is 0.273 e. The molecule has 0 bridgehead atoms. The normalized spacial score (nSPS) is 9.81. The zero-order valence-corrected chi connectivity index (χ0v) is 16.0. The quantitative estimate of drug-likeness (QED) is 0.672. The Balaban J connectivity index is 0.00000176. The van der Waals surface area contributed by atoms with Crippen molar-refractivity contribution in [3.8, 4) is 11.3 Å². The van der Waals surface area contributed by atoms with Gasteiger partial charge in [0.15, 0.2) is 11.5 Å². The van der Waals surface area contributed by atoms with Crippen LogP contribution in [0.25, 0.3) is 11.3 Å². The first kappa shape index (κ1) is 21.9. The lowest BCUT2D eigenvalue weighted by Gasteiger charge is -2.09. The summed E-state index contributed by atoms with van der Waals surface area (Å²) in [5.41, 5.74) is 5.52. The average Bonchev–Trinajstić information content (AvgIpc) is 3.18. The number of nitrogens with one attached hydrogen (secondary N) is 3. The van der Waals surface area contributed by atoms with Crippen molar-refractivity contribution in [2.45, 2.75) is 34.1 Å². The Morgan fingerprint density at radius 3 is 2.37 bits per heavy atom. The second-order valence-electron chi connectivity index (χ2n) is 5.64. The van der Waals surface area contributed by atoms with Gasteiger partial charge < -0.3 is 9.84 Å². The molecule has 0 saturated carbocycles. The molecule has 2 aromatic rings. The van der Waals surface area contributed by atoms with Gasteiger partial charge in [-0.2, -0.15) is 0 Å². The molecule has 0 unspecified atom stereocenters. The van der Waals surface area contributed by atoms with E-state index in [2.05, 4.69) is 21.3 Å². The molecule has 3 amide bonds. The topological polar surface area (TPSA) is 113 Å². The van der Waals surface area contributed by atoms with Crippen LogP contribution in [-0.2, 0) is 9.59 Å². The Kier molecular flexibility index (Phi) is 9.28. The molecule has 0 aliphatic rings. The highest BCUT2D eigenvalue weighted by Gasteiger charge is 2.14. The van der Waals surface area contributed by atoms with Crippen LogP contribution in [0.1, 0.15) is 44.6 Å². The zero-order chi connectivity index (χ0) is 20.2. The first-order chi connectivity index (χ1) is 13.0. The lowest BCUT2D eigenvalue weighted by molar-refractivity contribution is -0.130. The van der Waals surface area contributed by atoms with Crippen molar-refractivity contribution in [2.24, 2.45) is 5.92 Å². The number of aromatic nitrogens is 1. The highest BCUT2D eigenvalue weighted by Crippen LogP contribution is 2.19. The third-order valence-electron chi connectivity index (χ3n) is 3.29. The van der Waals surface area contributed by atoms with E-state index in [9.17, 15) is 14.4 Å². The van der Waals surface area contributed by atoms with Crippen molar-refractivity contribution in [1.29, 1.82) is 0 Å². The molecule has 2 rings (SSSR count). The van der Waals surface area contributed by atoms with E-state index in [1.54, 1.807) is 13.8 Å². The number of benzene rings is 1. The van der Waals surface area contributed by atoms with E-state index in [1.807, 2.05) is 44.2 Å². The predicted molar refractivity (Wildman–Crippen MR) is 101 cm³/mol. The van der Waals surface area contributed by atoms with E-state index >= 15 is 0 Å². The van der Waals surface area contributed by atoms with Crippen molar-refractivity contribution in [2.75, 3.05) is 6.54 Å². The molecule has 0 aliphatic carbocycles. The molecular formula is C19H26N4O4. The average molecular weight is 374 g/mol. The molecule has 0 spiro atoms. The third kappa shape index (κ3) is 7.31. The SMILES string of the molecule is CC.CC(C)C(=O)NNC(=O)CCNC(=O)c1cc(-c2ccccc2)on1. The van der Waals surface area contributed by atoms with Gasteiger partial charge in [0.05, 0.1) is 0 Å². The molecule has 0 atom stereocenters. The minimum Gasteiger partial charge on any atom is -0.355 e. The van der Waals surface area contributed by atoms with Crippen LogP contribution < -0.4 is 16.2 Å². The molecule has 27 heavy (non-hydrogen) atoms. The van der Waals surface area contributed by atoms with Gasteiger partial charge in [-0.3, -0.25) is 25.2 Å². The molecule has 1 aromatic carbocycles. The summed E-state index contributed by atoms with van der Waals surface area (Å²) in [5.74, 6) is -0.872. The number of carbonyl (C=O) groups excluding carboxylic acids is 3. The predicted octanol–water partition coefficient (Wildman–Crippen LogP) is 2.29. The lowest BCUT2D eigenvalue weighted by atomic mass is 10.1. The molecule has 8 heteroatoms. The Morgan fingerprint density at radius 1 is 1.07 bits per heavy atom. The van der Waals surface area contributed by atoms with Gasteiger partial charge in [-0.25, -0.2) is 0 Å². The first-order valence-electron chi connectivity index (χ1n) is 8.86.